The van der Waals surface area contributed by atoms with Gasteiger partial charge in [-0.1, -0.05) is 5.16 Å². The molecular formula is C20H24N4O3S. The molecule has 4 heterocycles. The van der Waals surface area contributed by atoms with Gasteiger partial charge in [-0.2, -0.15) is 16.3 Å². The first-order valence-corrected chi connectivity index (χ1v) is 10.5. The number of aryl methyl sites for hydroxylation is 1. The van der Waals surface area contributed by atoms with Crippen molar-refractivity contribution in [3.63, 3.8) is 0 Å². The number of amides is 1. The normalized spacial score (nSPS) is 15.8. The number of nitrogens with zero attached hydrogens (tertiary/aromatic N) is 4. The third-order valence-electron chi connectivity index (χ3n) is 5.16. The molecule has 148 valence electrons. The molecule has 0 aromatic carbocycles. The fraction of sp³-hybridized carbons (Fsp3) is 0.450. The molecule has 0 bridgehead atoms. The number of aromatic nitrogens is 2. The van der Waals surface area contributed by atoms with Crippen LogP contribution in [0.2, 0.25) is 0 Å². The smallest absolute Gasteiger partial charge is 0.227 e. The Bertz CT molecular complexity index is 867. The van der Waals surface area contributed by atoms with Crippen LogP contribution in [0.5, 0.6) is 0 Å². The van der Waals surface area contributed by atoms with Crippen molar-refractivity contribution in [3.05, 3.63) is 46.9 Å². The standard InChI is InChI=1S/C20H24N4O3S/c1-23-9-6-16(7-10-23)24(13-17-3-2-11-26-17)19(25)5-4-18-21-20(22-27-18)15-8-12-28-14-15/h2-3,8,11-12,14,16H,4-7,9-10,13H2,1H3. The molecule has 0 saturated carbocycles. The summed E-state index contributed by atoms with van der Waals surface area (Å²) in [5.41, 5.74) is 0.942. The van der Waals surface area contributed by atoms with E-state index in [0.29, 0.717) is 31.1 Å². The Morgan fingerprint density at radius 2 is 2.21 bits per heavy atom. The fourth-order valence-corrected chi connectivity index (χ4v) is 4.16. The SMILES string of the molecule is CN1CCC(N(Cc2ccco2)C(=O)CCc2nc(-c3ccsc3)no2)CC1. The zero-order valence-corrected chi connectivity index (χ0v) is 16.7. The van der Waals surface area contributed by atoms with E-state index in [1.165, 1.54) is 0 Å². The second-order valence-corrected chi connectivity index (χ2v) is 7.94. The molecule has 1 saturated heterocycles. The lowest BCUT2D eigenvalue weighted by Gasteiger charge is -2.37. The molecule has 7 nitrogen and oxygen atoms in total. The minimum atomic E-state index is 0.0984. The van der Waals surface area contributed by atoms with Gasteiger partial charge in [-0.25, -0.2) is 0 Å². The van der Waals surface area contributed by atoms with Gasteiger partial charge in [0.05, 0.1) is 12.8 Å². The second kappa shape index (κ2) is 8.70. The van der Waals surface area contributed by atoms with Gasteiger partial charge in [-0.15, -0.1) is 0 Å². The Labute approximate surface area is 167 Å². The predicted octanol–water partition coefficient (Wildman–Crippen LogP) is 3.45. The van der Waals surface area contributed by atoms with Crippen LogP contribution < -0.4 is 0 Å². The summed E-state index contributed by atoms with van der Waals surface area (Å²) in [6.45, 7) is 2.50. The molecule has 4 rings (SSSR count). The zero-order chi connectivity index (χ0) is 19.3. The van der Waals surface area contributed by atoms with Crippen molar-refractivity contribution in [1.82, 2.24) is 19.9 Å². The van der Waals surface area contributed by atoms with Crippen molar-refractivity contribution in [2.24, 2.45) is 0 Å². The van der Waals surface area contributed by atoms with E-state index < -0.39 is 0 Å². The van der Waals surface area contributed by atoms with Crippen molar-refractivity contribution in [2.75, 3.05) is 20.1 Å². The lowest BCUT2D eigenvalue weighted by molar-refractivity contribution is -0.135. The van der Waals surface area contributed by atoms with Crippen molar-refractivity contribution in [3.8, 4) is 11.4 Å². The first-order chi connectivity index (χ1) is 13.7. The summed E-state index contributed by atoms with van der Waals surface area (Å²) in [4.78, 5) is 21.7. The van der Waals surface area contributed by atoms with Gasteiger partial charge in [0.2, 0.25) is 17.6 Å². The molecule has 0 N–H and O–H groups in total. The van der Waals surface area contributed by atoms with Crippen LogP contribution in [0.15, 0.2) is 44.2 Å². The van der Waals surface area contributed by atoms with E-state index in [1.54, 1.807) is 17.6 Å². The highest BCUT2D eigenvalue weighted by atomic mass is 32.1. The number of piperidine rings is 1. The quantitative estimate of drug-likeness (QED) is 0.605. The van der Waals surface area contributed by atoms with E-state index in [1.807, 2.05) is 33.9 Å². The molecule has 0 atom stereocenters. The Kier molecular flexibility index (Phi) is 5.87. The van der Waals surface area contributed by atoms with Crippen LogP contribution >= 0.6 is 11.3 Å². The number of rotatable bonds is 7. The third-order valence-corrected chi connectivity index (χ3v) is 5.84. The average molecular weight is 401 g/mol. The number of carbonyl (C=O) groups excluding carboxylic acids is 1. The van der Waals surface area contributed by atoms with Gasteiger partial charge in [0.15, 0.2) is 0 Å². The summed E-state index contributed by atoms with van der Waals surface area (Å²) in [7, 11) is 2.12. The van der Waals surface area contributed by atoms with Gasteiger partial charge in [0.1, 0.15) is 5.76 Å². The van der Waals surface area contributed by atoms with Crippen LogP contribution in [-0.4, -0.2) is 52.0 Å². The summed E-state index contributed by atoms with van der Waals surface area (Å²) in [5, 5.41) is 7.97. The van der Waals surface area contributed by atoms with Crippen molar-refractivity contribution in [2.45, 2.75) is 38.3 Å². The van der Waals surface area contributed by atoms with Crippen LogP contribution in [0, 0.1) is 0 Å². The monoisotopic (exact) mass is 400 g/mol. The molecule has 0 aliphatic carbocycles. The number of furan rings is 1. The van der Waals surface area contributed by atoms with Gasteiger partial charge in [-0.3, -0.25) is 4.79 Å². The molecule has 1 fully saturated rings. The number of thiophene rings is 1. The first kappa shape index (κ1) is 18.9. The molecular weight excluding hydrogens is 376 g/mol. The zero-order valence-electron chi connectivity index (χ0n) is 15.9. The van der Waals surface area contributed by atoms with E-state index >= 15 is 0 Å². The summed E-state index contributed by atoms with van der Waals surface area (Å²) < 4.78 is 10.8. The maximum absolute atomic E-state index is 13.0. The molecule has 0 radical (unpaired) electrons. The highest BCUT2D eigenvalue weighted by Crippen LogP contribution is 2.22. The van der Waals surface area contributed by atoms with Crippen LogP contribution in [0.1, 0.15) is 30.9 Å². The molecule has 28 heavy (non-hydrogen) atoms. The summed E-state index contributed by atoms with van der Waals surface area (Å²) >= 11 is 1.59. The molecule has 1 amide bonds. The number of likely N-dealkylation sites (tertiary alicyclic amines) is 1. The molecule has 0 spiro atoms. The highest BCUT2D eigenvalue weighted by molar-refractivity contribution is 7.08. The Morgan fingerprint density at radius 1 is 1.36 bits per heavy atom. The van der Waals surface area contributed by atoms with Gasteiger partial charge in [0, 0.05) is 29.8 Å². The average Bonchev–Trinajstić information content (AvgIpc) is 3.47. The molecule has 0 unspecified atom stereocenters. The fourth-order valence-electron chi connectivity index (χ4n) is 3.52. The number of hydrogen-bond acceptors (Lipinski definition) is 7. The third kappa shape index (κ3) is 4.51. The Morgan fingerprint density at radius 3 is 2.93 bits per heavy atom. The Hall–Kier alpha value is -2.45. The highest BCUT2D eigenvalue weighted by Gasteiger charge is 2.28. The summed E-state index contributed by atoms with van der Waals surface area (Å²) in [6, 6.07) is 5.96. The van der Waals surface area contributed by atoms with Crippen molar-refractivity contribution in [1.29, 1.82) is 0 Å². The van der Waals surface area contributed by atoms with Gasteiger partial charge in [-0.05, 0) is 56.6 Å². The molecule has 8 heteroatoms. The van der Waals surface area contributed by atoms with Crippen LogP contribution in [-0.2, 0) is 17.8 Å². The molecule has 3 aromatic heterocycles. The van der Waals surface area contributed by atoms with E-state index in [9.17, 15) is 4.79 Å². The van der Waals surface area contributed by atoms with Crippen LogP contribution in [0.4, 0.5) is 0 Å². The van der Waals surface area contributed by atoms with Gasteiger partial charge in [0.25, 0.3) is 0 Å². The van der Waals surface area contributed by atoms with E-state index in [-0.39, 0.29) is 11.9 Å². The van der Waals surface area contributed by atoms with Crippen LogP contribution in [0.25, 0.3) is 11.4 Å². The largest absolute Gasteiger partial charge is 0.467 e. The minimum Gasteiger partial charge on any atom is -0.467 e. The number of hydrogen-bond donors (Lipinski definition) is 0. The van der Waals surface area contributed by atoms with Gasteiger partial charge < -0.3 is 18.7 Å². The molecule has 3 aromatic rings. The van der Waals surface area contributed by atoms with Crippen LogP contribution in [0.3, 0.4) is 0 Å². The van der Waals surface area contributed by atoms with E-state index in [2.05, 4.69) is 22.1 Å². The lowest BCUT2D eigenvalue weighted by Crippen LogP contribution is -2.46. The summed E-state index contributed by atoms with van der Waals surface area (Å²) in [6.07, 6.45) is 4.39. The predicted molar refractivity (Wildman–Crippen MR) is 106 cm³/mol. The molecule has 1 aliphatic rings. The second-order valence-electron chi connectivity index (χ2n) is 7.16. The molecule has 1 aliphatic heterocycles. The first-order valence-electron chi connectivity index (χ1n) is 9.54. The van der Waals surface area contributed by atoms with E-state index in [4.69, 9.17) is 8.94 Å². The maximum atomic E-state index is 13.0. The minimum absolute atomic E-state index is 0.0984. The lowest BCUT2D eigenvalue weighted by atomic mass is 10.0. The van der Waals surface area contributed by atoms with Crippen molar-refractivity contribution < 1.29 is 13.7 Å². The van der Waals surface area contributed by atoms with Gasteiger partial charge >= 0.3 is 0 Å². The number of carbonyl (C=O) groups is 1. The Balaban J connectivity index is 1.40. The summed E-state index contributed by atoms with van der Waals surface area (Å²) in [5.74, 6) is 1.98. The topological polar surface area (TPSA) is 75.6 Å². The van der Waals surface area contributed by atoms with E-state index in [0.717, 1.165) is 37.3 Å². The maximum Gasteiger partial charge on any atom is 0.227 e. The van der Waals surface area contributed by atoms with Crippen molar-refractivity contribution >= 4 is 17.2 Å².